The number of hydrogen-bond donors (Lipinski definition) is 1. The van der Waals surface area contributed by atoms with Crippen LogP contribution < -0.4 is 10.6 Å². The maximum Gasteiger partial charge on any atom is 0.155 e. The summed E-state index contributed by atoms with van der Waals surface area (Å²) >= 11 is 0. The van der Waals surface area contributed by atoms with Gasteiger partial charge in [-0.25, -0.2) is 19.6 Å². The van der Waals surface area contributed by atoms with E-state index in [2.05, 4.69) is 41.9 Å². The van der Waals surface area contributed by atoms with Gasteiger partial charge < -0.3 is 5.73 Å². The van der Waals surface area contributed by atoms with Gasteiger partial charge in [0.1, 0.15) is 11.6 Å². The van der Waals surface area contributed by atoms with Gasteiger partial charge in [0.15, 0.2) is 11.6 Å². The van der Waals surface area contributed by atoms with E-state index in [4.69, 9.17) is 20.8 Å². The summed E-state index contributed by atoms with van der Waals surface area (Å²) in [6, 6.07) is 24.2. The van der Waals surface area contributed by atoms with E-state index < -0.39 is 0 Å². The van der Waals surface area contributed by atoms with E-state index in [9.17, 15) is 0 Å². The zero-order chi connectivity index (χ0) is 29.7. The molecule has 0 amide bonds. The zero-order valence-corrected chi connectivity index (χ0v) is 25.5. The molecule has 7 nitrogen and oxygen atoms in total. The van der Waals surface area contributed by atoms with Gasteiger partial charge in [-0.05, 0) is 97.9 Å². The second-order valence-electron chi connectivity index (χ2n) is 13.0. The highest BCUT2D eigenvalue weighted by molar-refractivity contribution is 5.76. The number of aliphatic imine (C=N–C) groups is 1. The topological polar surface area (TPSA) is 85.2 Å². The molecule has 0 atom stereocenters. The summed E-state index contributed by atoms with van der Waals surface area (Å²) in [6.45, 7) is 4.73. The van der Waals surface area contributed by atoms with Gasteiger partial charge >= 0.3 is 0 Å². The molecule has 2 saturated carbocycles. The fourth-order valence-corrected chi connectivity index (χ4v) is 6.82. The Bertz CT molecular complexity index is 1570. The molecule has 2 N–H and O–H groups in total. The summed E-state index contributed by atoms with van der Waals surface area (Å²) < 4.78 is 1.89. The van der Waals surface area contributed by atoms with Crippen molar-refractivity contribution in [3.05, 3.63) is 96.5 Å². The van der Waals surface area contributed by atoms with Crippen molar-refractivity contribution in [3.8, 4) is 5.82 Å². The number of nitrogens with zero attached hydrogens (tertiary/aromatic N) is 6. The number of benzene rings is 1. The zero-order valence-electron chi connectivity index (χ0n) is 25.5. The Morgan fingerprint density at radius 3 is 2.26 bits per heavy atom. The van der Waals surface area contributed by atoms with E-state index in [1.54, 1.807) is 6.21 Å². The van der Waals surface area contributed by atoms with Gasteiger partial charge in [0, 0.05) is 23.8 Å². The van der Waals surface area contributed by atoms with Crippen LogP contribution in [0.1, 0.15) is 77.3 Å². The second-order valence-corrected chi connectivity index (χ2v) is 13.0. The van der Waals surface area contributed by atoms with E-state index in [-0.39, 0.29) is 0 Å². The van der Waals surface area contributed by atoms with Gasteiger partial charge in [0.2, 0.25) is 0 Å². The first-order valence-corrected chi connectivity index (χ1v) is 15.7. The monoisotopic (exact) mass is 573 g/mol. The van der Waals surface area contributed by atoms with Crippen LogP contribution in [0.15, 0.2) is 95.8 Å². The van der Waals surface area contributed by atoms with Gasteiger partial charge in [-0.2, -0.15) is 5.10 Å². The van der Waals surface area contributed by atoms with Gasteiger partial charge in [0.05, 0.1) is 5.69 Å². The summed E-state index contributed by atoms with van der Waals surface area (Å²) in [5, 5.41) is 4.92. The van der Waals surface area contributed by atoms with Crippen LogP contribution in [0.3, 0.4) is 0 Å². The van der Waals surface area contributed by atoms with Crippen LogP contribution in [-0.4, -0.2) is 26.0 Å². The van der Waals surface area contributed by atoms with Crippen molar-refractivity contribution < 1.29 is 0 Å². The highest BCUT2D eigenvalue weighted by Gasteiger charge is 2.30. The molecule has 2 fully saturated rings. The lowest BCUT2D eigenvalue weighted by Crippen LogP contribution is -2.15. The number of para-hydroxylation sites is 1. The molecule has 1 aromatic carbocycles. The summed E-state index contributed by atoms with van der Waals surface area (Å²) in [6.07, 6.45) is 17.9. The number of anilines is 3. The fraction of sp³-hybridized carbons (Fsp3) is 0.389. The molecular weight excluding hydrogens is 530 g/mol. The first-order valence-electron chi connectivity index (χ1n) is 15.7. The average Bonchev–Trinajstić information content (AvgIpc) is 3.76. The standard InChI is InChI=1S/C36H43N7/c1-35(20-6-7-21-35)26-28(37)18-24-38-31-14-10-16-33(39-31)43(30-12-4-3-5-13-30)34-17-11-15-32(40-34)42-25-19-29(41-42)27-36(2)22-8-9-23-36/h3-5,10-19,24-25H,6-9,20-23,26-27,37H2,1-2H3. The minimum atomic E-state index is 0.316. The van der Waals surface area contributed by atoms with Gasteiger partial charge in [0.25, 0.3) is 0 Å². The molecule has 222 valence electrons. The molecule has 0 unspecified atom stereocenters. The fourth-order valence-electron chi connectivity index (χ4n) is 6.82. The third-order valence-corrected chi connectivity index (χ3v) is 9.15. The van der Waals surface area contributed by atoms with Crippen molar-refractivity contribution in [1.82, 2.24) is 19.7 Å². The molecule has 7 heteroatoms. The Morgan fingerprint density at radius 2 is 1.51 bits per heavy atom. The minimum absolute atomic E-state index is 0.316. The van der Waals surface area contributed by atoms with E-state index in [1.807, 2.05) is 71.6 Å². The highest BCUT2D eigenvalue weighted by Crippen LogP contribution is 2.42. The van der Waals surface area contributed by atoms with Crippen molar-refractivity contribution in [2.75, 3.05) is 4.90 Å². The SMILES string of the molecule is CC1(CC(N)=CC=Nc2cccc(N(c3ccccc3)c3cccc(-n4ccc(CC5(C)CCCC5)n4)n3)n2)CCCC1. The van der Waals surface area contributed by atoms with E-state index in [0.29, 0.717) is 16.6 Å². The molecule has 0 radical (unpaired) electrons. The summed E-state index contributed by atoms with van der Waals surface area (Å²) in [4.78, 5) is 16.6. The van der Waals surface area contributed by atoms with E-state index in [1.165, 1.54) is 51.4 Å². The Labute approximate surface area is 255 Å². The average molecular weight is 574 g/mol. The number of nitrogens with two attached hydrogens (primary N) is 1. The third kappa shape index (κ3) is 7.04. The summed E-state index contributed by atoms with van der Waals surface area (Å²) in [5.41, 5.74) is 9.99. The molecule has 3 heterocycles. The maximum absolute atomic E-state index is 6.37. The largest absolute Gasteiger partial charge is 0.402 e. The van der Waals surface area contributed by atoms with Crippen LogP contribution in [0.25, 0.3) is 5.82 Å². The molecule has 0 saturated heterocycles. The van der Waals surface area contributed by atoms with E-state index in [0.717, 1.165) is 47.4 Å². The Kier molecular flexibility index (Phi) is 8.41. The molecule has 0 bridgehead atoms. The minimum Gasteiger partial charge on any atom is -0.402 e. The smallest absolute Gasteiger partial charge is 0.155 e. The number of rotatable bonds is 10. The molecule has 2 aliphatic carbocycles. The van der Waals surface area contributed by atoms with E-state index >= 15 is 0 Å². The van der Waals surface area contributed by atoms with Crippen molar-refractivity contribution >= 4 is 29.4 Å². The summed E-state index contributed by atoms with van der Waals surface area (Å²) in [5.74, 6) is 2.87. The number of pyridine rings is 2. The predicted octanol–water partition coefficient (Wildman–Crippen LogP) is 8.77. The molecular formula is C36H43N7. The number of hydrogen-bond acceptors (Lipinski definition) is 6. The molecule has 4 aromatic rings. The molecule has 0 spiro atoms. The Morgan fingerprint density at radius 1 is 0.837 bits per heavy atom. The molecule has 6 rings (SSSR count). The summed E-state index contributed by atoms with van der Waals surface area (Å²) in [7, 11) is 0. The Balaban J connectivity index is 1.25. The van der Waals surface area contributed by atoms with Crippen molar-refractivity contribution in [2.24, 2.45) is 21.6 Å². The van der Waals surface area contributed by atoms with Crippen LogP contribution in [0.5, 0.6) is 0 Å². The van der Waals surface area contributed by atoms with Gasteiger partial charge in [-0.1, -0.05) is 69.9 Å². The van der Waals surface area contributed by atoms with Crippen LogP contribution >= 0.6 is 0 Å². The normalized spacial score (nSPS) is 18.0. The van der Waals surface area contributed by atoms with Crippen LogP contribution in [0.4, 0.5) is 23.1 Å². The quantitative estimate of drug-likeness (QED) is 0.192. The van der Waals surface area contributed by atoms with Crippen LogP contribution in [0, 0.1) is 10.8 Å². The third-order valence-electron chi connectivity index (χ3n) is 9.15. The van der Waals surface area contributed by atoms with Crippen molar-refractivity contribution in [3.63, 3.8) is 0 Å². The first-order chi connectivity index (χ1) is 20.9. The highest BCUT2D eigenvalue weighted by atomic mass is 15.3. The van der Waals surface area contributed by atoms with Crippen LogP contribution in [0.2, 0.25) is 0 Å². The lowest BCUT2D eigenvalue weighted by Gasteiger charge is -2.23. The second kappa shape index (κ2) is 12.5. The van der Waals surface area contributed by atoms with Crippen molar-refractivity contribution in [2.45, 2.75) is 78.1 Å². The molecule has 0 aliphatic heterocycles. The molecule has 43 heavy (non-hydrogen) atoms. The van der Waals surface area contributed by atoms with Crippen LogP contribution in [-0.2, 0) is 6.42 Å². The van der Waals surface area contributed by atoms with Crippen molar-refractivity contribution in [1.29, 1.82) is 0 Å². The predicted molar refractivity (Wildman–Crippen MR) is 176 cm³/mol. The lowest BCUT2D eigenvalue weighted by atomic mass is 9.84. The molecule has 2 aliphatic rings. The maximum atomic E-state index is 6.37. The van der Waals surface area contributed by atoms with Gasteiger partial charge in [-0.3, -0.25) is 4.90 Å². The molecule has 3 aromatic heterocycles. The lowest BCUT2D eigenvalue weighted by molar-refractivity contribution is 0.330. The Hall–Kier alpha value is -4.26. The first kappa shape index (κ1) is 28.8. The number of aromatic nitrogens is 4. The number of allylic oxidation sites excluding steroid dienone is 2. The van der Waals surface area contributed by atoms with Gasteiger partial charge in [-0.15, -0.1) is 0 Å².